The molecule has 1 heteroatoms. The van der Waals surface area contributed by atoms with Gasteiger partial charge in [-0.25, -0.2) is 0 Å². The van der Waals surface area contributed by atoms with E-state index in [9.17, 15) is 0 Å². The lowest BCUT2D eigenvalue weighted by Crippen LogP contribution is -2.52. The summed E-state index contributed by atoms with van der Waals surface area (Å²) in [6, 6.07) is 20.0. The smallest absolute Gasteiger partial charge is 0.192 e. The van der Waals surface area contributed by atoms with E-state index in [1.807, 2.05) is 0 Å². The Kier molecular flexibility index (Phi) is 1.84. The van der Waals surface area contributed by atoms with Gasteiger partial charge in [-0.05, 0) is 30.0 Å². The number of hydrogen-bond donors (Lipinski definition) is 0. The van der Waals surface area contributed by atoms with E-state index in [1.165, 1.54) is 34.0 Å². The zero-order chi connectivity index (χ0) is 14.2. The number of aromatic nitrogens is 1. The largest absolute Gasteiger partial charge is 0.221 e. The van der Waals surface area contributed by atoms with Crippen molar-refractivity contribution in [1.29, 1.82) is 0 Å². The average Bonchev–Trinajstić information content (AvgIpc) is 3.11. The van der Waals surface area contributed by atoms with Crippen LogP contribution >= 0.6 is 0 Å². The van der Waals surface area contributed by atoms with E-state index in [-0.39, 0.29) is 11.0 Å². The van der Waals surface area contributed by atoms with E-state index in [0.29, 0.717) is 0 Å². The zero-order valence-electron chi connectivity index (χ0n) is 12.4. The van der Waals surface area contributed by atoms with E-state index in [2.05, 4.69) is 79.2 Å². The molecule has 0 bridgehead atoms. The standard InChI is InChI=1S/C20H18N/c1-19-13-20(19,2)21-12-11-14-7-3-4-8-15(14)18(21)16-9-5-6-10-17(16)19/h3-12H,13H2,1-2H3/q+1/t19?,20-/m0/s1. The third-order valence-electron chi connectivity index (χ3n) is 5.93. The van der Waals surface area contributed by atoms with Gasteiger partial charge in [0.1, 0.15) is 0 Å². The van der Waals surface area contributed by atoms with Gasteiger partial charge in [-0.1, -0.05) is 36.4 Å². The van der Waals surface area contributed by atoms with Crippen molar-refractivity contribution in [2.75, 3.05) is 0 Å². The highest BCUT2D eigenvalue weighted by Gasteiger charge is 2.73. The molecule has 0 amide bonds. The van der Waals surface area contributed by atoms with Crippen LogP contribution in [0, 0.1) is 0 Å². The second-order valence-electron chi connectivity index (χ2n) is 6.95. The minimum absolute atomic E-state index is 0.223. The maximum absolute atomic E-state index is 2.53. The van der Waals surface area contributed by atoms with Crippen LogP contribution in [0.2, 0.25) is 0 Å². The van der Waals surface area contributed by atoms with Crippen molar-refractivity contribution in [2.24, 2.45) is 0 Å². The van der Waals surface area contributed by atoms with Crippen molar-refractivity contribution < 1.29 is 4.57 Å². The molecule has 0 radical (unpaired) electrons. The van der Waals surface area contributed by atoms with Gasteiger partial charge in [-0.3, -0.25) is 0 Å². The summed E-state index contributed by atoms with van der Waals surface area (Å²) in [6.45, 7) is 4.82. The first kappa shape index (κ1) is 11.5. The molecule has 2 aliphatic rings. The summed E-state index contributed by atoms with van der Waals surface area (Å²) in [5.74, 6) is 0. The second-order valence-corrected chi connectivity index (χ2v) is 6.95. The first-order valence-corrected chi connectivity index (χ1v) is 7.69. The van der Waals surface area contributed by atoms with E-state index in [4.69, 9.17) is 0 Å². The fraction of sp³-hybridized carbons (Fsp3) is 0.250. The molecule has 5 rings (SSSR count). The van der Waals surface area contributed by atoms with E-state index in [1.54, 1.807) is 0 Å². The molecule has 102 valence electrons. The number of benzene rings is 2. The van der Waals surface area contributed by atoms with Crippen LogP contribution in [-0.4, -0.2) is 0 Å². The molecule has 0 N–H and O–H groups in total. The van der Waals surface area contributed by atoms with Crippen molar-refractivity contribution in [3.8, 4) is 11.3 Å². The number of hydrogen-bond acceptors (Lipinski definition) is 0. The molecular formula is C20H18N+. The quantitative estimate of drug-likeness (QED) is 0.540. The highest BCUT2D eigenvalue weighted by atomic mass is 15.1. The van der Waals surface area contributed by atoms with Crippen LogP contribution in [0.1, 0.15) is 25.8 Å². The highest BCUT2D eigenvalue weighted by Crippen LogP contribution is 2.63. The van der Waals surface area contributed by atoms with Gasteiger partial charge in [0, 0.05) is 19.4 Å². The van der Waals surface area contributed by atoms with Crippen LogP contribution < -0.4 is 4.57 Å². The molecular weight excluding hydrogens is 254 g/mol. The van der Waals surface area contributed by atoms with Gasteiger partial charge in [0.05, 0.1) is 16.4 Å². The van der Waals surface area contributed by atoms with Gasteiger partial charge >= 0.3 is 0 Å². The minimum atomic E-state index is 0.223. The molecule has 1 aliphatic heterocycles. The summed E-state index contributed by atoms with van der Waals surface area (Å²) in [5, 5.41) is 2.69. The maximum atomic E-state index is 2.53. The van der Waals surface area contributed by atoms with Crippen molar-refractivity contribution in [3.63, 3.8) is 0 Å². The first-order chi connectivity index (χ1) is 10.2. The zero-order valence-corrected chi connectivity index (χ0v) is 12.4. The number of pyridine rings is 1. The van der Waals surface area contributed by atoms with Crippen LogP contribution in [0.25, 0.3) is 22.0 Å². The molecule has 0 spiro atoms. The van der Waals surface area contributed by atoms with E-state index in [0.717, 1.165) is 0 Å². The fourth-order valence-corrected chi connectivity index (χ4v) is 4.45. The Hall–Kier alpha value is -2.15. The van der Waals surface area contributed by atoms with Gasteiger partial charge in [0.15, 0.2) is 11.7 Å². The van der Waals surface area contributed by atoms with Crippen LogP contribution in [-0.2, 0) is 11.0 Å². The van der Waals surface area contributed by atoms with Crippen molar-refractivity contribution >= 4 is 10.8 Å². The molecule has 1 saturated carbocycles. The topological polar surface area (TPSA) is 3.88 Å². The third kappa shape index (κ3) is 1.17. The summed E-state index contributed by atoms with van der Waals surface area (Å²) >= 11 is 0. The summed E-state index contributed by atoms with van der Waals surface area (Å²) in [6.07, 6.45) is 3.52. The van der Waals surface area contributed by atoms with Gasteiger partial charge in [-0.15, -0.1) is 0 Å². The summed E-state index contributed by atoms with van der Waals surface area (Å²) in [7, 11) is 0. The third-order valence-corrected chi connectivity index (χ3v) is 5.93. The number of nitrogens with zero attached hydrogens (tertiary/aromatic N) is 1. The van der Waals surface area contributed by atoms with Gasteiger partial charge in [-0.2, -0.15) is 4.57 Å². The van der Waals surface area contributed by atoms with Crippen molar-refractivity contribution in [2.45, 2.75) is 31.2 Å². The van der Waals surface area contributed by atoms with Crippen LogP contribution in [0.3, 0.4) is 0 Å². The summed E-state index contributed by atoms with van der Waals surface area (Å²) < 4.78 is 2.53. The molecule has 1 unspecified atom stereocenters. The summed E-state index contributed by atoms with van der Waals surface area (Å²) in [5.41, 5.74) is 4.82. The fourth-order valence-electron chi connectivity index (χ4n) is 4.45. The Morgan fingerprint density at radius 3 is 2.57 bits per heavy atom. The lowest BCUT2D eigenvalue weighted by Gasteiger charge is -2.25. The lowest BCUT2D eigenvalue weighted by atomic mass is 9.83. The minimum Gasteiger partial charge on any atom is -0.192 e. The lowest BCUT2D eigenvalue weighted by molar-refractivity contribution is -0.730. The van der Waals surface area contributed by atoms with Crippen molar-refractivity contribution in [3.05, 3.63) is 66.4 Å². The molecule has 0 saturated heterocycles. The predicted molar refractivity (Wildman–Crippen MR) is 85.2 cm³/mol. The SMILES string of the molecule is CC12C[C@]1(C)[n+]1ccc3ccccc3c1-c1ccccc12. The maximum Gasteiger partial charge on any atom is 0.221 e. The number of fused-ring (bicyclic) bond motifs is 8. The molecule has 1 nitrogen and oxygen atoms in total. The van der Waals surface area contributed by atoms with Crippen LogP contribution in [0.4, 0.5) is 0 Å². The summed E-state index contributed by atoms with van der Waals surface area (Å²) in [4.78, 5) is 0. The average molecular weight is 272 g/mol. The Morgan fingerprint density at radius 2 is 1.67 bits per heavy atom. The molecule has 2 atom stereocenters. The molecule has 1 fully saturated rings. The Labute approximate surface area is 124 Å². The molecule has 2 heterocycles. The molecule has 1 aromatic heterocycles. The Bertz CT molecular complexity index is 911. The molecule has 21 heavy (non-hydrogen) atoms. The van der Waals surface area contributed by atoms with E-state index >= 15 is 0 Å². The normalized spacial score (nSPS) is 28.7. The highest BCUT2D eigenvalue weighted by molar-refractivity contribution is 5.94. The Balaban J connectivity index is 2.00. The number of rotatable bonds is 0. The predicted octanol–water partition coefficient (Wildman–Crippen LogP) is 4.18. The molecule has 1 aliphatic carbocycles. The van der Waals surface area contributed by atoms with Crippen LogP contribution in [0.15, 0.2) is 60.8 Å². The molecule has 3 aromatic rings. The monoisotopic (exact) mass is 272 g/mol. The molecule has 2 aromatic carbocycles. The van der Waals surface area contributed by atoms with Crippen LogP contribution in [0.5, 0.6) is 0 Å². The van der Waals surface area contributed by atoms with Gasteiger partial charge in [0.2, 0.25) is 5.69 Å². The van der Waals surface area contributed by atoms with Crippen molar-refractivity contribution in [1.82, 2.24) is 0 Å². The van der Waals surface area contributed by atoms with Gasteiger partial charge in [0.25, 0.3) is 0 Å². The van der Waals surface area contributed by atoms with E-state index < -0.39 is 0 Å². The second kappa shape index (κ2) is 3.36. The first-order valence-electron chi connectivity index (χ1n) is 7.69. The van der Waals surface area contributed by atoms with Gasteiger partial charge < -0.3 is 0 Å². The Morgan fingerprint density at radius 1 is 0.905 bits per heavy atom.